The van der Waals surface area contributed by atoms with Crippen LogP contribution in [0.25, 0.3) is 11.2 Å². The van der Waals surface area contributed by atoms with Gasteiger partial charge < -0.3 is 25.4 Å². The molecule has 0 radical (unpaired) electrons. The summed E-state index contributed by atoms with van der Waals surface area (Å²) in [6.45, 7) is 5.86. The molecule has 1 aromatic carbocycles. The molecule has 0 spiro atoms. The normalized spacial score (nSPS) is 23.9. The highest BCUT2D eigenvalue weighted by molar-refractivity contribution is 6.06. The predicted octanol–water partition coefficient (Wildman–Crippen LogP) is 0.988. The fourth-order valence-corrected chi connectivity index (χ4v) is 3.54. The van der Waals surface area contributed by atoms with Crippen LogP contribution in [0.1, 0.15) is 42.9 Å². The summed E-state index contributed by atoms with van der Waals surface area (Å²) in [5.41, 5.74) is 2.19. The van der Waals surface area contributed by atoms with Gasteiger partial charge in [0.15, 0.2) is 23.2 Å². The van der Waals surface area contributed by atoms with Crippen molar-refractivity contribution < 1.29 is 24.9 Å². The minimum Gasteiger partial charge on any atom is -0.394 e. The van der Waals surface area contributed by atoms with Crippen LogP contribution in [0.5, 0.6) is 0 Å². The molecule has 3 aromatic rings. The van der Waals surface area contributed by atoms with Crippen molar-refractivity contribution in [2.45, 2.75) is 50.7 Å². The minimum absolute atomic E-state index is 0.0177. The van der Waals surface area contributed by atoms with Crippen molar-refractivity contribution in [2.24, 2.45) is 0 Å². The second-order valence-corrected chi connectivity index (χ2v) is 8.56. The lowest BCUT2D eigenvalue weighted by Crippen LogP contribution is -2.33. The number of nitrogens with zero attached hydrogens (tertiary/aromatic N) is 4. The number of carbonyl (C=O) groups excluding carboxylic acids is 1. The van der Waals surface area contributed by atoms with Gasteiger partial charge in [-0.2, -0.15) is 0 Å². The van der Waals surface area contributed by atoms with Crippen molar-refractivity contribution in [3.05, 3.63) is 48.0 Å². The Morgan fingerprint density at radius 1 is 1.13 bits per heavy atom. The zero-order chi connectivity index (χ0) is 22.3. The van der Waals surface area contributed by atoms with Crippen LogP contribution in [0.15, 0.2) is 36.9 Å². The Bertz CT molecular complexity index is 1090. The summed E-state index contributed by atoms with van der Waals surface area (Å²) in [7, 11) is 0. The van der Waals surface area contributed by atoms with Gasteiger partial charge in [0.2, 0.25) is 0 Å². The number of imidazole rings is 1. The molecule has 31 heavy (non-hydrogen) atoms. The fourth-order valence-electron chi connectivity index (χ4n) is 3.54. The molecule has 10 heteroatoms. The third kappa shape index (κ3) is 3.90. The number of aliphatic hydroxyl groups excluding tert-OH is 3. The van der Waals surface area contributed by atoms with Crippen LogP contribution in [-0.2, 0) is 10.2 Å². The second-order valence-electron chi connectivity index (χ2n) is 8.56. The molecule has 4 N–H and O–H groups in total. The molecule has 4 atom stereocenters. The van der Waals surface area contributed by atoms with Crippen molar-refractivity contribution >= 4 is 22.9 Å². The Kier molecular flexibility index (Phi) is 5.48. The van der Waals surface area contributed by atoms with Crippen molar-refractivity contribution in [3.63, 3.8) is 0 Å². The lowest BCUT2D eigenvalue weighted by Gasteiger charge is -2.19. The molecular weight excluding hydrogens is 402 g/mol. The van der Waals surface area contributed by atoms with E-state index in [2.05, 4.69) is 41.0 Å². The predicted molar refractivity (Wildman–Crippen MR) is 111 cm³/mol. The Morgan fingerprint density at radius 3 is 2.45 bits per heavy atom. The zero-order valence-electron chi connectivity index (χ0n) is 17.4. The van der Waals surface area contributed by atoms with Crippen LogP contribution in [0, 0.1) is 0 Å². The number of hydrogen-bond donors (Lipinski definition) is 4. The lowest BCUT2D eigenvalue weighted by molar-refractivity contribution is -0.0511. The second kappa shape index (κ2) is 7.97. The van der Waals surface area contributed by atoms with Gasteiger partial charge in [0, 0.05) is 5.56 Å². The molecule has 4 rings (SSSR count). The summed E-state index contributed by atoms with van der Waals surface area (Å²) in [6.07, 6.45) is -1.78. The van der Waals surface area contributed by atoms with E-state index in [0.29, 0.717) is 16.7 Å². The van der Waals surface area contributed by atoms with Gasteiger partial charge in [0.1, 0.15) is 24.6 Å². The summed E-state index contributed by atoms with van der Waals surface area (Å²) in [4.78, 5) is 25.3. The largest absolute Gasteiger partial charge is 0.394 e. The fraction of sp³-hybridized carbons (Fsp3) is 0.429. The first-order chi connectivity index (χ1) is 14.7. The van der Waals surface area contributed by atoms with E-state index in [1.54, 1.807) is 12.1 Å². The zero-order valence-corrected chi connectivity index (χ0v) is 17.4. The van der Waals surface area contributed by atoms with Crippen LogP contribution in [0.3, 0.4) is 0 Å². The number of benzene rings is 1. The van der Waals surface area contributed by atoms with Crippen molar-refractivity contribution in [1.82, 2.24) is 19.5 Å². The van der Waals surface area contributed by atoms with Crippen LogP contribution < -0.4 is 5.32 Å². The summed E-state index contributed by atoms with van der Waals surface area (Å²) in [5, 5.41) is 32.3. The number of aliphatic hydroxyl groups is 3. The number of aromatic nitrogens is 4. The molecule has 0 aliphatic carbocycles. The van der Waals surface area contributed by atoms with Crippen LogP contribution in [0.4, 0.5) is 5.82 Å². The maximum Gasteiger partial charge on any atom is 0.256 e. The molecule has 1 saturated heterocycles. The van der Waals surface area contributed by atoms with E-state index < -0.39 is 31.1 Å². The summed E-state index contributed by atoms with van der Waals surface area (Å²) >= 11 is 0. The number of carbonyl (C=O) groups is 1. The van der Waals surface area contributed by atoms with Gasteiger partial charge in [-0.1, -0.05) is 32.9 Å². The Hall–Kier alpha value is -2.92. The van der Waals surface area contributed by atoms with E-state index in [1.807, 2.05) is 12.1 Å². The first-order valence-corrected chi connectivity index (χ1v) is 9.92. The molecule has 164 valence electrons. The number of nitrogens with one attached hydrogen (secondary N) is 1. The average molecular weight is 427 g/mol. The third-order valence-corrected chi connectivity index (χ3v) is 5.40. The van der Waals surface area contributed by atoms with Crippen LogP contribution >= 0.6 is 0 Å². The number of hydrogen-bond acceptors (Lipinski definition) is 8. The van der Waals surface area contributed by atoms with Crippen molar-refractivity contribution in [3.8, 4) is 0 Å². The highest BCUT2D eigenvalue weighted by Gasteiger charge is 2.44. The molecule has 1 fully saturated rings. The van der Waals surface area contributed by atoms with Gasteiger partial charge in [0.25, 0.3) is 5.91 Å². The molecule has 2 unspecified atom stereocenters. The maximum atomic E-state index is 12.7. The van der Waals surface area contributed by atoms with Crippen LogP contribution in [0.2, 0.25) is 0 Å². The highest BCUT2D eigenvalue weighted by Crippen LogP contribution is 2.32. The summed E-state index contributed by atoms with van der Waals surface area (Å²) in [6, 6.07) is 7.35. The van der Waals surface area contributed by atoms with Gasteiger partial charge in [-0.05, 0) is 23.1 Å². The van der Waals surface area contributed by atoms with Gasteiger partial charge in [-0.25, -0.2) is 15.0 Å². The molecular formula is C21H25N5O5. The van der Waals surface area contributed by atoms with Crippen molar-refractivity contribution in [2.75, 3.05) is 11.9 Å². The van der Waals surface area contributed by atoms with E-state index in [9.17, 15) is 20.1 Å². The van der Waals surface area contributed by atoms with E-state index in [4.69, 9.17) is 4.74 Å². The van der Waals surface area contributed by atoms with E-state index in [-0.39, 0.29) is 17.1 Å². The number of anilines is 1. The Labute approximate surface area is 178 Å². The van der Waals surface area contributed by atoms with Crippen molar-refractivity contribution in [1.29, 1.82) is 0 Å². The van der Waals surface area contributed by atoms with E-state index >= 15 is 0 Å². The quantitative estimate of drug-likeness (QED) is 0.483. The van der Waals surface area contributed by atoms with Gasteiger partial charge >= 0.3 is 0 Å². The molecule has 3 heterocycles. The summed E-state index contributed by atoms with van der Waals surface area (Å²) in [5.74, 6) is -0.136. The van der Waals surface area contributed by atoms with Gasteiger partial charge in [-0.3, -0.25) is 9.36 Å². The third-order valence-electron chi connectivity index (χ3n) is 5.40. The topological polar surface area (TPSA) is 143 Å². The molecule has 2 aromatic heterocycles. The molecule has 0 saturated carbocycles. The summed E-state index contributed by atoms with van der Waals surface area (Å²) < 4.78 is 6.98. The monoisotopic (exact) mass is 427 g/mol. The molecule has 0 bridgehead atoms. The average Bonchev–Trinajstić information content (AvgIpc) is 3.29. The standard InChI is InChI=1S/C21H25N5O5/c1-21(2,3)12-6-4-11(5-7-12)19(30)25-17-14-18(23-9-22-17)26(10-24-14)20-16(29)15(28)13(8-27)31-20/h4-7,9-10,13,15-16,20,27-29H,8H2,1-3H3,(H,22,23,25,30)/t13-,15?,16?,20-/m1/s1. The first-order valence-electron chi connectivity index (χ1n) is 9.92. The SMILES string of the molecule is CC(C)(C)c1ccc(C(=O)Nc2ncnc3c2ncn3[C@@H]2O[C@H](CO)C(O)C2O)cc1. The Morgan fingerprint density at radius 2 is 1.84 bits per heavy atom. The highest BCUT2D eigenvalue weighted by atomic mass is 16.6. The number of amides is 1. The van der Waals surface area contributed by atoms with Gasteiger partial charge in [-0.15, -0.1) is 0 Å². The number of ether oxygens (including phenoxy) is 1. The van der Waals surface area contributed by atoms with Crippen LogP contribution in [-0.4, -0.2) is 65.7 Å². The van der Waals surface area contributed by atoms with E-state index in [0.717, 1.165) is 5.56 Å². The maximum absolute atomic E-state index is 12.7. The Balaban J connectivity index is 1.59. The van der Waals surface area contributed by atoms with Gasteiger partial charge in [0.05, 0.1) is 12.9 Å². The number of fused-ring (bicyclic) bond motifs is 1. The molecule has 1 aliphatic heterocycles. The molecule has 1 aliphatic rings. The molecule has 10 nitrogen and oxygen atoms in total. The van der Waals surface area contributed by atoms with E-state index in [1.165, 1.54) is 17.2 Å². The molecule has 1 amide bonds. The first kappa shape index (κ1) is 21.3. The number of rotatable bonds is 4. The minimum atomic E-state index is -1.27. The smallest absolute Gasteiger partial charge is 0.256 e. The lowest BCUT2D eigenvalue weighted by atomic mass is 9.87.